The lowest BCUT2D eigenvalue weighted by Gasteiger charge is -2.21. The summed E-state index contributed by atoms with van der Waals surface area (Å²) in [6.45, 7) is 3.02. The number of hydrogen-bond donors (Lipinski definition) is 1. The Hall–Kier alpha value is -2.14. The van der Waals surface area contributed by atoms with Crippen LogP contribution in [0.5, 0.6) is 0 Å². The van der Waals surface area contributed by atoms with E-state index in [0.29, 0.717) is 18.7 Å². The lowest BCUT2D eigenvalue weighted by Crippen LogP contribution is -2.34. The fraction of sp³-hybridized carbons (Fsp3) is 0.333. The van der Waals surface area contributed by atoms with Crippen molar-refractivity contribution in [3.8, 4) is 5.69 Å². The highest BCUT2D eigenvalue weighted by Gasteiger charge is 2.14. The monoisotopic (exact) mass is 273 g/mol. The summed E-state index contributed by atoms with van der Waals surface area (Å²) in [6.07, 6.45) is 4.44. The molecule has 20 heavy (non-hydrogen) atoms. The van der Waals surface area contributed by atoms with Gasteiger partial charge >= 0.3 is 0 Å². The third-order valence-electron chi connectivity index (χ3n) is 3.03. The van der Waals surface area contributed by atoms with Gasteiger partial charge in [0.25, 0.3) is 5.91 Å². The Labute approximate surface area is 118 Å². The number of aromatic nitrogens is 2. The molecule has 2 aromatic rings. The topological polar surface area (TPSA) is 58.4 Å². The standard InChI is InChI=1S/C15H19N3O2/c1-2-9-17(11-12-19)15(20)13-4-6-14(7-5-13)18-10-3-8-16-18/h3-8,10,19H,2,9,11-12H2,1H3. The Balaban J connectivity index is 2.14. The van der Waals surface area contributed by atoms with E-state index in [-0.39, 0.29) is 12.5 Å². The van der Waals surface area contributed by atoms with E-state index in [1.165, 1.54) is 0 Å². The first-order valence-corrected chi connectivity index (χ1v) is 6.76. The number of aliphatic hydroxyl groups excluding tert-OH is 1. The molecule has 0 spiro atoms. The van der Waals surface area contributed by atoms with Gasteiger partial charge in [0.2, 0.25) is 0 Å². The molecular formula is C15H19N3O2. The SMILES string of the molecule is CCCN(CCO)C(=O)c1ccc(-n2cccn2)cc1. The third kappa shape index (κ3) is 3.24. The van der Waals surface area contributed by atoms with Crippen LogP contribution in [0.4, 0.5) is 0 Å². The molecule has 1 heterocycles. The average Bonchev–Trinajstić information content (AvgIpc) is 3.01. The predicted molar refractivity (Wildman–Crippen MR) is 76.8 cm³/mol. The zero-order chi connectivity index (χ0) is 14.4. The van der Waals surface area contributed by atoms with Crippen LogP contribution in [-0.4, -0.2) is 45.4 Å². The molecule has 0 radical (unpaired) electrons. The van der Waals surface area contributed by atoms with E-state index in [1.807, 2.05) is 31.3 Å². The van der Waals surface area contributed by atoms with E-state index < -0.39 is 0 Å². The molecule has 0 saturated carbocycles. The van der Waals surface area contributed by atoms with Crippen LogP contribution in [0.1, 0.15) is 23.7 Å². The minimum absolute atomic E-state index is 0.0168. The summed E-state index contributed by atoms with van der Waals surface area (Å²) in [5.74, 6) is -0.0482. The maximum Gasteiger partial charge on any atom is 0.253 e. The third-order valence-corrected chi connectivity index (χ3v) is 3.03. The van der Waals surface area contributed by atoms with E-state index in [4.69, 9.17) is 5.11 Å². The van der Waals surface area contributed by atoms with Gasteiger partial charge in [0.1, 0.15) is 0 Å². The van der Waals surface area contributed by atoms with E-state index in [9.17, 15) is 4.79 Å². The quantitative estimate of drug-likeness (QED) is 0.871. The van der Waals surface area contributed by atoms with Gasteiger partial charge in [0, 0.05) is 31.0 Å². The van der Waals surface area contributed by atoms with Gasteiger partial charge in [0.05, 0.1) is 12.3 Å². The van der Waals surface area contributed by atoms with Crippen LogP contribution in [0.25, 0.3) is 5.69 Å². The molecule has 0 fully saturated rings. The normalized spacial score (nSPS) is 10.5. The van der Waals surface area contributed by atoms with Gasteiger partial charge in [0.15, 0.2) is 0 Å². The van der Waals surface area contributed by atoms with Crippen LogP contribution < -0.4 is 0 Å². The Bertz CT molecular complexity index is 529. The lowest BCUT2D eigenvalue weighted by molar-refractivity contribution is 0.0722. The van der Waals surface area contributed by atoms with Gasteiger partial charge < -0.3 is 10.0 Å². The summed E-state index contributed by atoms with van der Waals surface area (Å²) in [5.41, 5.74) is 1.54. The van der Waals surface area contributed by atoms with Crippen molar-refractivity contribution in [3.05, 3.63) is 48.3 Å². The van der Waals surface area contributed by atoms with E-state index >= 15 is 0 Å². The molecule has 5 nitrogen and oxygen atoms in total. The number of nitrogens with zero attached hydrogens (tertiary/aromatic N) is 3. The molecule has 0 bridgehead atoms. The summed E-state index contributed by atoms with van der Waals surface area (Å²) in [4.78, 5) is 14.0. The van der Waals surface area contributed by atoms with Crippen LogP contribution in [-0.2, 0) is 0 Å². The number of carbonyl (C=O) groups excluding carboxylic acids is 1. The molecule has 0 atom stereocenters. The number of benzene rings is 1. The first-order chi connectivity index (χ1) is 9.76. The number of amides is 1. The maximum absolute atomic E-state index is 12.3. The Morgan fingerprint density at radius 2 is 2.05 bits per heavy atom. The highest BCUT2D eigenvalue weighted by Crippen LogP contribution is 2.11. The first-order valence-electron chi connectivity index (χ1n) is 6.76. The second-order valence-electron chi connectivity index (χ2n) is 4.51. The lowest BCUT2D eigenvalue weighted by atomic mass is 10.1. The van der Waals surface area contributed by atoms with Crippen molar-refractivity contribution in [2.75, 3.05) is 19.7 Å². The summed E-state index contributed by atoms with van der Waals surface area (Å²) >= 11 is 0. The minimum Gasteiger partial charge on any atom is -0.395 e. The number of carbonyl (C=O) groups is 1. The van der Waals surface area contributed by atoms with Crippen molar-refractivity contribution in [1.82, 2.24) is 14.7 Å². The molecule has 1 aromatic carbocycles. The van der Waals surface area contributed by atoms with E-state index in [1.54, 1.807) is 27.9 Å². The largest absolute Gasteiger partial charge is 0.395 e. The molecule has 2 rings (SSSR count). The molecule has 5 heteroatoms. The second-order valence-corrected chi connectivity index (χ2v) is 4.51. The first kappa shape index (κ1) is 14.3. The van der Waals surface area contributed by atoms with Gasteiger partial charge in [-0.15, -0.1) is 0 Å². The summed E-state index contributed by atoms with van der Waals surface area (Å²) in [5, 5.41) is 13.2. The highest BCUT2D eigenvalue weighted by molar-refractivity contribution is 5.94. The smallest absolute Gasteiger partial charge is 0.253 e. The van der Waals surface area contributed by atoms with Crippen molar-refractivity contribution in [2.24, 2.45) is 0 Å². The van der Waals surface area contributed by atoms with Crippen LogP contribution >= 0.6 is 0 Å². The van der Waals surface area contributed by atoms with Crippen molar-refractivity contribution >= 4 is 5.91 Å². The Morgan fingerprint density at radius 3 is 2.60 bits per heavy atom. The van der Waals surface area contributed by atoms with E-state index in [0.717, 1.165) is 12.1 Å². The Morgan fingerprint density at radius 1 is 1.30 bits per heavy atom. The number of aliphatic hydroxyl groups is 1. The van der Waals surface area contributed by atoms with Gasteiger partial charge in [-0.1, -0.05) is 6.92 Å². The summed E-state index contributed by atoms with van der Waals surface area (Å²) in [7, 11) is 0. The molecular weight excluding hydrogens is 254 g/mol. The van der Waals surface area contributed by atoms with Crippen molar-refractivity contribution < 1.29 is 9.90 Å². The predicted octanol–water partition coefficient (Wildman–Crippen LogP) is 1.72. The number of rotatable bonds is 6. The molecule has 0 unspecified atom stereocenters. The second kappa shape index (κ2) is 6.86. The van der Waals surface area contributed by atoms with Crippen LogP contribution in [0.15, 0.2) is 42.7 Å². The van der Waals surface area contributed by atoms with Crippen molar-refractivity contribution in [2.45, 2.75) is 13.3 Å². The fourth-order valence-corrected chi connectivity index (χ4v) is 2.07. The molecule has 0 aliphatic heterocycles. The van der Waals surface area contributed by atoms with Crippen molar-refractivity contribution in [1.29, 1.82) is 0 Å². The molecule has 106 valence electrons. The average molecular weight is 273 g/mol. The number of hydrogen-bond acceptors (Lipinski definition) is 3. The summed E-state index contributed by atoms with van der Waals surface area (Å²) in [6, 6.07) is 9.16. The highest BCUT2D eigenvalue weighted by atomic mass is 16.3. The van der Waals surface area contributed by atoms with Crippen LogP contribution in [0.2, 0.25) is 0 Å². The van der Waals surface area contributed by atoms with Crippen LogP contribution in [0.3, 0.4) is 0 Å². The van der Waals surface area contributed by atoms with Gasteiger partial charge in [-0.3, -0.25) is 4.79 Å². The Kier molecular flexibility index (Phi) is 4.90. The zero-order valence-electron chi connectivity index (χ0n) is 11.6. The molecule has 0 saturated heterocycles. The molecule has 1 aromatic heterocycles. The van der Waals surface area contributed by atoms with Gasteiger partial charge in [-0.25, -0.2) is 4.68 Å². The maximum atomic E-state index is 12.3. The molecule has 0 aliphatic carbocycles. The van der Waals surface area contributed by atoms with Gasteiger partial charge in [-0.2, -0.15) is 5.10 Å². The molecule has 1 amide bonds. The van der Waals surface area contributed by atoms with Gasteiger partial charge in [-0.05, 0) is 36.8 Å². The molecule has 1 N–H and O–H groups in total. The van der Waals surface area contributed by atoms with E-state index in [2.05, 4.69) is 5.10 Å². The molecule has 0 aliphatic rings. The minimum atomic E-state index is -0.0482. The fourth-order valence-electron chi connectivity index (χ4n) is 2.07. The van der Waals surface area contributed by atoms with Crippen LogP contribution in [0, 0.1) is 0 Å². The summed E-state index contributed by atoms with van der Waals surface area (Å²) < 4.78 is 1.74. The van der Waals surface area contributed by atoms with Crippen molar-refractivity contribution in [3.63, 3.8) is 0 Å². The zero-order valence-corrected chi connectivity index (χ0v) is 11.6.